The normalized spacial score (nSPS) is 16.5. The Morgan fingerprint density at radius 1 is 0.806 bits per heavy atom. The number of hydrogen-bond donors (Lipinski definition) is 1. The Balaban J connectivity index is 1.28. The fraction of sp³-hybridized carbons (Fsp3) is 0.346. The molecule has 0 spiro atoms. The third-order valence-corrected chi connectivity index (χ3v) is 5.76. The highest BCUT2D eigenvalue weighted by atomic mass is 16.5. The van der Waals surface area contributed by atoms with Crippen molar-refractivity contribution in [2.75, 3.05) is 39.3 Å². The average molecular weight is 418 g/mol. The number of aromatic nitrogens is 1. The van der Waals surface area contributed by atoms with E-state index < -0.39 is 6.10 Å². The van der Waals surface area contributed by atoms with Gasteiger partial charge in [-0.3, -0.25) is 14.8 Å². The van der Waals surface area contributed by atoms with E-state index in [1.807, 2.05) is 18.2 Å². The molecule has 1 aromatic heterocycles. The van der Waals surface area contributed by atoms with E-state index in [-0.39, 0.29) is 6.04 Å². The number of aliphatic hydroxyl groups is 1. The lowest BCUT2D eigenvalue weighted by Gasteiger charge is -2.40. The summed E-state index contributed by atoms with van der Waals surface area (Å²) < 4.78 is 5.65. The average Bonchev–Trinajstić information content (AvgIpc) is 2.82. The Labute approximate surface area is 184 Å². The molecule has 0 radical (unpaired) electrons. The minimum Gasteiger partial charge on any atom is -0.389 e. The molecule has 5 nitrogen and oxygen atoms in total. The summed E-state index contributed by atoms with van der Waals surface area (Å²) in [6, 6.07) is 27.5. The van der Waals surface area contributed by atoms with Gasteiger partial charge in [0.15, 0.2) is 0 Å². The molecule has 31 heavy (non-hydrogen) atoms. The van der Waals surface area contributed by atoms with Crippen LogP contribution in [0.3, 0.4) is 0 Å². The summed E-state index contributed by atoms with van der Waals surface area (Å²) in [6.07, 6.45) is 1.27. The van der Waals surface area contributed by atoms with Gasteiger partial charge in [-0.2, -0.15) is 0 Å². The molecule has 4 rings (SSSR count). The monoisotopic (exact) mass is 417 g/mol. The highest BCUT2D eigenvalue weighted by Crippen LogP contribution is 2.29. The third-order valence-electron chi connectivity index (χ3n) is 5.76. The summed E-state index contributed by atoms with van der Waals surface area (Å²) in [7, 11) is 0. The molecule has 1 saturated heterocycles. The van der Waals surface area contributed by atoms with Crippen molar-refractivity contribution < 1.29 is 9.84 Å². The molecule has 1 aliphatic heterocycles. The van der Waals surface area contributed by atoms with Crippen molar-refractivity contribution >= 4 is 0 Å². The Hall–Kier alpha value is -2.57. The lowest BCUT2D eigenvalue weighted by Crippen LogP contribution is -2.50. The zero-order valence-corrected chi connectivity index (χ0v) is 17.9. The largest absolute Gasteiger partial charge is 0.389 e. The minimum absolute atomic E-state index is 0.260. The molecule has 162 valence electrons. The van der Waals surface area contributed by atoms with Gasteiger partial charge in [-0.1, -0.05) is 66.7 Å². The van der Waals surface area contributed by atoms with E-state index in [0.717, 1.165) is 31.9 Å². The Morgan fingerprint density at radius 2 is 1.42 bits per heavy atom. The summed E-state index contributed by atoms with van der Waals surface area (Å²) >= 11 is 0. The van der Waals surface area contributed by atoms with Crippen LogP contribution >= 0.6 is 0 Å². The van der Waals surface area contributed by atoms with Gasteiger partial charge >= 0.3 is 0 Å². The number of ether oxygens (including phenoxy) is 1. The summed E-state index contributed by atoms with van der Waals surface area (Å²) in [4.78, 5) is 9.12. The van der Waals surface area contributed by atoms with E-state index in [4.69, 9.17) is 4.74 Å². The van der Waals surface area contributed by atoms with Crippen LogP contribution < -0.4 is 0 Å². The minimum atomic E-state index is -0.491. The van der Waals surface area contributed by atoms with Gasteiger partial charge in [0.05, 0.1) is 31.1 Å². The van der Waals surface area contributed by atoms with E-state index in [1.54, 1.807) is 6.20 Å². The number of β-amino-alcohol motifs (C(OH)–C–C–N with tert-alkyl or cyclic N) is 1. The summed E-state index contributed by atoms with van der Waals surface area (Å²) in [6.45, 7) is 5.21. The fourth-order valence-electron chi connectivity index (χ4n) is 4.22. The molecule has 0 bridgehead atoms. The number of piperazine rings is 1. The van der Waals surface area contributed by atoms with Crippen molar-refractivity contribution in [3.8, 4) is 0 Å². The summed E-state index contributed by atoms with van der Waals surface area (Å²) in [5.41, 5.74) is 3.53. The quantitative estimate of drug-likeness (QED) is 0.579. The van der Waals surface area contributed by atoms with E-state index in [9.17, 15) is 5.11 Å². The highest BCUT2D eigenvalue weighted by molar-refractivity contribution is 5.31. The number of nitrogens with zero attached hydrogens (tertiary/aromatic N) is 3. The number of rotatable bonds is 9. The predicted octanol–water partition coefficient (Wildman–Crippen LogP) is 3.37. The van der Waals surface area contributed by atoms with Gasteiger partial charge in [0.2, 0.25) is 0 Å². The highest BCUT2D eigenvalue weighted by Gasteiger charge is 2.27. The first-order valence-electron chi connectivity index (χ1n) is 11.0. The zero-order chi connectivity index (χ0) is 21.3. The fourth-order valence-corrected chi connectivity index (χ4v) is 4.22. The molecule has 0 aliphatic carbocycles. The van der Waals surface area contributed by atoms with Crippen LogP contribution in [0.25, 0.3) is 0 Å². The molecule has 2 heterocycles. The maximum absolute atomic E-state index is 10.4. The molecule has 0 saturated carbocycles. The van der Waals surface area contributed by atoms with Crippen molar-refractivity contribution in [1.29, 1.82) is 0 Å². The zero-order valence-electron chi connectivity index (χ0n) is 17.9. The van der Waals surface area contributed by atoms with Gasteiger partial charge in [-0.15, -0.1) is 0 Å². The van der Waals surface area contributed by atoms with Gasteiger partial charge < -0.3 is 9.84 Å². The van der Waals surface area contributed by atoms with Crippen molar-refractivity contribution in [3.05, 3.63) is 102 Å². The Bertz CT molecular complexity index is 845. The first kappa shape index (κ1) is 21.7. The van der Waals surface area contributed by atoms with Crippen molar-refractivity contribution in [2.45, 2.75) is 18.8 Å². The second-order valence-corrected chi connectivity index (χ2v) is 8.05. The van der Waals surface area contributed by atoms with Crippen LogP contribution in [0.5, 0.6) is 0 Å². The van der Waals surface area contributed by atoms with E-state index in [1.165, 1.54) is 11.1 Å². The van der Waals surface area contributed by atoms with E-state index in [2.05, 4.69) is 75.4 Å². The Kier molecular flexibility index (Phi) is 7.80. The molecule has 2 aromatic carbocycles. The van der Waals surface area contributed by atoms with Gasteiger partial charge in [-0.25, -0.2) is 0 Å². The van der Waals surface area contributed by atoms with Crippen LogP contribution in [0.1, 0.15) is 22.9 Å². The van der Waals surface area contributed by atoms with E-state index in [0.29, 0.717) is 19.8 Å². The van der Waals surface area contributed by atoms with Crippen LogP contribution in [0.4, 0.5) is 0 Å². The lowest BCUT2D eigenvalue weighted by molar-refractivity contribution is -0.00144. The molecule has 1 aliphatic rings. The molecule has 3 aromatic rings. The third kappa shape index (κ3) is 6.21. The first-order valence-corrected chi connectivity index (χ1v) is 11.0. The SMILES string of the molecule is OC(COCc1ccccn1)CN1CCN(C(c2ccccc2)c2ccccc2)CC1. The standard InChI is InChI=1S/C26H31N3O2/c30-25(21-31-20-24-13-7-8-14-27-24)19-28-15-17-29(18-16-28)26(22-9-3-1-4-10-22)23-11-5-2-6-12-23/h1-14,25-26,30H,15-21H2. The van der Waals surface area contributed by atoms with Crippen LogP contribution in [0, 0.1) is 0 Å². The molecular formula is C26H31N3O2. The second kappa shape index (κ2) is 11.2. The van der Waals surface area contributed by atoms with Crippen molar-refractivity contribution in [3.63, 3.8) is 0 Å². The smallest absolute Gasteiger partial charge is 0.0900 e. The summed E-state index contributed by atoms with van der Waals surface area (Å²) in [5, 5.41) is 10.4. The van der Waals surface area contributed by atoms with Gasteiger partial charge in [0.1, 0.15) is 0 Å². The molecule has 0 amide bonds. The maximum Gasteiger partial charge on any atom is 0.0900 e. The number of pyridine rings is 1. The van der Waals surface area contributed by atoms with Gasteiger partial charge in [-0.05, 0) is 23.3 Å². The van der Waals surface area contributed by atoms with Crippen LogP contribution in [-0.4, -0.2) is 65.3 Å². The van der Waals surface area contributed by atoms with Crippen LogP contribution in [0.2, 0.25) is 0 Å². The summed E-state index contributed by atoms with van der Waals surface area (Å²) in [5.74, 6) is 0. The van der Waals surface area contributed by atoms with E-state index >= 15 is 0 Å². The molecule has 1 fully saturated rings. The predicted molar refractivity (Wildman–Crippen MR) is 123 cm³/mol. The second-order valence-electron chi connectivity index (χ2n) is 8.05. The van der Waals surface area contributed by atoms with Gasteiger partial charge in [0.25, 0.3) is 0 Å². The van der Waals surface area contributed by atoms with Crippen molar-refractivity contribution in [2.24, 2.45) is 0 Å². The van der Waals surface area contributed by atoms with Crippen LogP contribution in [-0.2, 0) is 11.3 Å². The van der Waals surface area contributed by atoms with Crippen molar-refractivity contribution in [1.82, 2.24) is 14.8 Å². The number of aliphatic hydroxyl groups excluding tert-OH is 1. The number of benzene rings is 2. The molecular weight excluding hydrogens is 386 g/mol. The lowest BCUT2D eigenvalue weighted by atomic mass is 9.96. The van der Waals surface area contributed by atoms with Crippen LogP contribution in [0.15, 0.2) is 85.1 Å². The molecule has 5 heteroatoms. The topological polar surface area (TPSA) is 48.8 Å². The first-order chi connectivity index (χ1) is 15.3. The maximum atomic E-state index is 10.4. The van der Waals surface area contributed by atoms with Gasteiger partial charge in [0, 0.05) is 38.9 Å². The Morgan fingerprint density at radius 3 is 2.00 bits per heavy atom. The molecule has 1 atom stereocenters. The number of hydrogen-bond acceptors (Lipinski definition) is 5. The molecule has 1 N–H and O–H groups in total. The molecule has 1 unspecified atom stereocenters.